The van der Waals surface area contributed by atoms with Crippen LogP contribution in [0, 0.1) is 6.92 Å². The summed E-state index contributed by atoms with van der Waals surface area (Å²) in [4.78, 5) is 35.0. The highest BCUT2D eigenvalue weighted by atomic mass is 16.5. The zero-order valence-electron chi connectivity index (χ0n) is 12.9. The van der Waals surface area contributed by atoms with Gasteiger partial charge in [-0.15, -0.1) is 0 Å². The van der Waals surface area contributed by atoms with Crippen molar-refractivity contribution in [2.75, 3.05) is 7.11 Å². The van der Waals surface area contributed by atoms with E-state index in [1.165, 1.54) is 6.92 Å². The zero-order chi connectivity index (χ0) is 17.9. The Morgan fingerprint density at radius 3 is 2.08 bits per heavy atom. The average molecular weight is 330 g/mol. The summed E-state index contributed by atoms with van der Waals surface area (Å²) in [6.07, 6.45) is 0. The SMILES string of the molecule is COC(=O)c1cc(C(=O)O)c(C)c(C(=O)O)c1Oc1ccccc1. The smallest absolute Gasteiger partial charge is 0.341 e. The third-order valence-corrected chi connectivity index (χ3v) is 3.35. The van der Waals surface area contributed by atoms with Crippen LogP contribution in [0.25, 0.3) is 0 Å². The summed E-state index contributed by atoms with van der Waals surface area (Å²) in [5, 5.41) is 18.7. The number of ether oxygens (including phenoxy) is 2. The molecule has 0 saturated carbocycles. The molecule has 0 bridgehead atoms. The second kappa shape index (κ2) is 6.82. The lowest BCUT2D eigenvalue weighted by Gasteiger charge is -2.16. The third-order valence-electron chi connectivity index (χ3n) is 3.35. The number of hydrogen-bond donors (Lipinski definition) is 2. The van der Waals surface area contributed by atoms with Gasteiger partial charge in [0.05, 0.1) is 12.7 Å². The zero-order valence-corrected chi connectivity index (χ0v) is 12.9. The van der Waals surface area contributed by atoms with E-state index in [1.54, 1.807) is 30.3 Å². The molecule has 24 heavy (non-hydrogen) atoms. The van der Waals surface area contributed by atoms with Crippen molar-refractivity contribution >= 4 is 17.9 Å². The van der Waals surface area contributed by atoms with Crippen molar-refractivity contribution in [2.45, 2.75) is 6.92 Å². The van der Waals surface area contributed by atoms with Gasteiger partial charge in [0.15, 0.2) is 5.75 Å². The van der Waals surface area contributed by atoms with E-state index >= 15 is 0 Å². The van der Waals surface area contributed by atoms with E-state index in [2.05, 4.69) is 4.74 Å². The largest absolute Gasteiger partial charge is 0.478 e. The van der Waals surface area contributed by atoms with Crippen LogP contribution >= 0.6 is 0 Å². The molecule has 0 radical (unpaired) electrons. The van der Waals surface area contributed by atoms with Crippen LogP contribution in [-0.4, -0.2) is 35.2 Å². The monoisotopic (exact) mass is 330 g/mol. The second-order valence-corrected chi connectivity index (χ2v) is 4.82. The highest BCUT2D eigenvalue weighted by Crippen LogP contribution is 2.34. The van der Waals surface area contributed by atoms with Crippen LogP contribution in [0.2, 0.25) is 0 Å². The van der Waals surface area contributed by atoms with Crippen LogP contribution in [0.1, 0.15) is 36.6 Å². The fourth-order valence-electron chi connectivity index (χ4n) is 2.21. The molecule has 0 amide bonds. The first kappa shape index (κ1) is 17.0. The van der Waals surface area contributed by atoms with Crippen LogP contribution in [0.3, 0.4) is 0 Å². The second-order valence-electron chi connectivity index (χ2n) is 4.82. The fraction of sp³-hybridized carbons (Fsp3) is 0.118. The number of hydrogen-bond acceptors (Lipinski definition) is 5. The van der Waals surface area contributed by atoms with Gasteiger partial charge in [-0.3, -0.25) is 0 Å². The van der Waals surface area contributed by atoms with E-state index in [0.29, 0.717) is 5.75 Å². The Balaban J connectivity index is 2.77. The molecule has 2 rings (SSSR count). The summed E-state index contributed by atoms with van der Waals surface area (Å²) in [7, 11) is 1.11. The lowest BCUT2D eigenvalue weighted by Crippen LogP contribution is -2.14. The van der Waals surface area contributed by atoms with E-state index in [1.807, 2.05) is 0 Å². The topological polar surface area (TPSA) is 110 Å². The van der Waals surface area contributed by atoms with Crippen molar-refractivity contribution in [2.24, 2.45) is 0 Å². The van der Waals surface area contributed by atoms with E-state index in [9.17, 15) is 24.6 Å². The van der Waals surface area contributed by atoms with Gasteiger partial charge >= 0.3 is 17.9 Å². The van der Waals surface area contributed by atoms with Gasteiger partial charge in [-0.1, -0.05) is 18.2 Å². The number of methoxy groups -OCH3 is 1. The van der Waals surface area contributed by atoms with Crippen molar-refractivity contribution in [1.29, 1.82) is 0 Å². The fourth-order valence-corrected chi connectivity index (χ4v) is 2.21. The molecule has 0 atom stereocenters. The summed E-state index contributed by atoms with van der Waals surface area (Å²) >= 11 is 0. The van der Waals surface area contributed by atoms with Crippen molar-refractivity contribution in [3.63, 3.8) is 0 Å². The van der Waals surface area contributed by atoms with Gasteiger partial charge in [-0.05, 0) is 30.7 Å². The quantitative estimate of drug-likeness (QED) is 0.811. The standard InChI is InChI=1S/C17H14O7/c1-9-11(15(18)19)8-12(17(22)23-2)14(13(9)16(20)21)24-10-6-4-3-5-7-10/h3-8H,1-2H3,(H,18,19)(H,20,21). The molecule has 124 valence electrons. The van der Waals surface area contributed by atoms with Crippen LogP contribution in [0.15, 0.2) is 36.4 Å². The van der Waals surface area contributed by atoms with Gasteiger partial charge in [-0.2, -0.15) is 0 Å². The molecule has 2 aromatic rings. The van der Waals surface area contributed by atoms with Crippen LogP contribution in [0.5, 0.6) is 11.5 Å². The van der Waals surface area contributed by atoms with Gasteiger partial charge in [0, 0.05) is 0 Å². The Kier molecular flexibility index (Phi) is 4.84. The predicted molar refractivity (Wildman–Crippen MR) is 83.0 cm³/mol. The third kappa shape index (κ3) is 3.19. The minimum atomic E-state index is -1.41. The number of esters is 1. The van der Waals surface area contributed by atoms with Gasteiger partial charge in [0.2, 0.25) is 0 Å². The van der Waals surface area contributed by atoms with E-state index in [-0.39, 0.29) is 22.4 Å². The molecular weight excluding hydrogens is 316 g/mol. The first-order chi connectivity index (χ1) is 11.4. The summed E-state index contributed by atoms with van der Waals surface area (Å²) in [5.41, 5.74) is -1.01. The Morgan fingerprint density at radius 1 is 0.958 bits per heavy atom. The summed E-state index contributed by atoms with van der Waals surface area (Å²) in [6.45, 7) is 1.34. The summed E-state index contributed by atoms with van der Waals surface area (Å²) < 4.78 is 10.2. The van der Waals surface area contributed by atoms with Gasteiger partial charge in [0.25, 0.3) is 0 Å². The maximum atomic E-state index is 12.0. The highest BCUT2D eigenvalue weighted by molar-refractivity contribution is 6.05. The first-order valence-electron chi connectivity index (χ1n) is 6.82. The molecule has 0 aliphatic rings. The Morgan fingerprint density at radius 2 is 1.58 bits per heavy atom. The highest BCUT2D eigenvalue weighted by Gasteiger charge is 2.28. The number of carboxylic acids is 2. The molecule has 0 aliphatic carbocycles. The number of carbonyl (C=O) groups is 3. The van der Waals surface area contributed by atoms with E-state index in [0.717, 1.165) is 13.2 Å². The van der Waals surface area contributed by atoms with Crippen LogP contribution in [-0.2, 0) is 4.74 Å². The van der Waals surface area contributed by atoms with Gasteiger partial charge in [-0.25, -0.2) is 14.4 Å². The van der Waals surface area contributed by atoms with Crippen molar-refractivity contribution in [3.05, 3.63) is 58.7 Å². The van der Waals surface area contributed by atoms with Crippen LogP contribution < -0.4 is 4.74 Å². The lowest BCUT2D eigenvalue weighted by atomic mass is 9.97. The molecule has 2 N–H and O–H groups in total. The Labute approximate surface area is 137 Å². The molecule has 0 aromatic heterocycles. The Hall–Kier alpha value is -3.35. The van der Waals surface area contributed by atoms with Crippen LogP contribution in [0.4, 0.5) is 0 Å². The normalized spacial score (nSPS) is 10.1. The predicted octanol–water partition coefficient (Wildman–Crippen LogP) is 2.97. The molecule has 0 unspecified atom stereocenters. The number of rotatable bonds is 5. The number of benzene rings is 2. The molecule has 7 heteroatoms. The van der Waals surface area contributed by atoms with Crippen molar-refractivity contribution in [3.8, 4) is 11.5 Å². The molecule has 0 heterocycles. The number of carboxylic acid groups (broad SMARTS) is 2. The van der Waals surface area contributed by atoms with Crippen molar-refractivity contribution < 1.29 is 34.1 Å². The molecule has 0 fully saturated rings. The molecule has 0 spiro atoms. The first-order valence-corrected chi connectivity index (χ1v) is 6.82. The van der Waals surface area contributed by atoms with E-state index < -0.39 is 23.5 Å². The van der Waals surface area contributed by atoms with Gasteiger partial charge < -0.3 is 19.7 Å². The number of aromatic carboxylic acids is 2. The van der Waals surface area contributed by atoms with Gasteiger partial charge in [0.1, 0.15) is 16.9 Å². The molecule has 0 saturated heterocycles. The average Bonchev–Trinajstić information content (AvgIpc) is 2.54. The number of carbonyl (C=O) groups excluding carboxylic acids is 1. The minimum Gasteiger partial charge on any atom is -0.478 e. The van der Waals surface area contributed by atoms with Crippen molar-refractivity contribution in [1.82, 2.24) is 0 Å². The maximum Gasteiger partial charge on any atom is 0.341 e. The van der Waals surface area contributed by atoms with E-state index in [4.69, 9.17) is 4.74 Å². The Bertz CT molecular complexity index is 809. The minimum absolute atomic E-state index is 0.0198. The number of para-hydroxylation sites is 1. The summed E-state index contributed by atoms with van der Waals surface area (Å²) in [5.74, 6) is -3.63. The molecular formula is C17H14O7. The molecule has 0 aliphatic heterocycles. The molecule has 7 nitrogen and oxygen atoms in total. The maximum absolute atomic E-state index is 12.0. The lowest BCUT2D eigenvalue weighted by molar-refractivity contribution is 0.0597. The molecule has 2 aromatic carbocycles. The summed E-state index contributed by atoms with van der Waals surface area (Å²) in [6, 6.07) is 9.29.